The number of imidazole rings is 1. The maximum Gasteiger partial charge on any atom is 0.162 e. The summed E-state index contributed by atoms with van der Waals surface area (Å²) in [5, 5.41) is 0. The van der Waals surface area contributed by atoms with Crippen LogP contribution < -0.4 is 15.2 Å². The lowest BCUT2D eigenvalue weighted by atomic mass is 10.0. The zero-order valence-corrected chi connectivity index (χ0v) is 11.1. The van der Waals surface area contributed by atoms with Crippen LogP contribution in [0.4, 0.5) is 0 Å². The lowest BCUT2D eigenvalue weighted by molar-refractivity contribution is 0.171. The van der Waals surface area contributed by atoms with Gasteiger partial charge in [-0.1, -0.05) is 0 Å². The molecule has 1 aliphatic rings. The third kappa shape index (κ3) is 2.06. The Morgan fingerprint density at radius 3 is 2.53 bits per heavy atom. The van der Waals surface area contributed by atoms with Gasteiger partial charge in [0.2, 0.25) is 0 Å². The summed E-state index contributed by atoms with van der Waals surface area (Å²) in [6, 6.07) is 3.99. The number of benzene rings is 1. The first kappa shape index (κ1) is 12.0. The quantitative estimate of drug-likeness (QED) is 0.864. The molecule has 1 aliphatic heterocycles. The number of H-pyrrole nitrogens is 1. The molecule has 0 bridgehead atoms. The minimum absolute atomic E-state index is 0.407. The lowest BCUT2D eigenvalue weighted by Crippen LogP contribution is -2.15. The number of rotatable bonds is 2. The van der Waals surface area contributed by atoms with E-state index >= 15 is 0 Å². The number of nitrogens with two attached hydrogens (primary N) is 1. The zero-order valence-electron chi connectivity index (χ0n) is 11.1. The predicted molar refractivity (Wildman–Crippen MR) is 72.4 cm³/mol. The van der Waals surface area contributed by atoms with Crippen LogP contribution in [-0.2, 0) is 6.54 Å². The number of nitrogens with one attached hydrogen (secondary N) is 1. The Kier molecular flexibility index (Phi) is 2.91. The topological polar surface area (TPSA) is 73.2 Å². The molecule has 5 nitrogen and oxygen atoms in total. The molecular formula is C14H17N3O2. The van der Waals surface area contributed by atoms with E-state index in [0.717, 1.165) is 39.8 Å². The Morgan fingerprint density at radius 1 is 1.21 bits per heavy atom. The summed E-state index contributed by atoms with van der Waals surface area (Å²) in [4.78, 5) is 7.72. The van der Waals surface area contributed by atoms with Crippen LogP contribution in [0.15, 0.2) is 12.1 Å². The van der Waals surface area contributed by atoms with E-state index in [1.807, 2.05) is 26.0 Å². The highest BCUT2D eigenvalue weighted by molar-refractivity contribution is 5.70. The lowest BCUT2D eigenvalue weighted by Gasteiger charge is -2.20. The Balaban J connectivity index is 2.11. The summed E-state index contributed by atoms with van der Waals surface area (Å²) < 4.78 is 11.2. The number of aromatic nitrogens is 2. The van der Waals surface area contributed by atoms with Crippen molar-refractivity contribution in [3.63, 3.8) is 0 Å². The molecule has 100 valence electrons. The number of aromatic amines is 1. The normalized spacial score (nSPS) is 13.6. The van der Waals surface area contributed by atoms with Gasteiger partial charge in [0.05, 0.1) is 12.2 Å². The number of ether oxygens (including phenoxy) is 2. The predicted octanol–water partition coefficient (Wildman–Crippen LogP) is 1.92. The van der Waals surface area contributed by atoms with E-state index in [4.69, 9.17) is 15.2 Å². The van der Waals surface area contributed by atoms with Crippen molar-refractivity contribution in [3.05, 3.63) is 29.2 Å². The van der Waals surface area contributed by atoms with E-state index in [0.29, 0.717) is 19.8 Å². The summed E-state index contributed by atoms with van der Waals surface area (Å²) >= 11 is 0. The van der Waals surface area contributed by atoms with Gasteiger partial charge < -0.3 is 20.2 Å². The fourth-order valence-corrected chi connectivity index (χ4v) is 2.33. The fourth-order valence-electron chi connectivity index (χ4n) is 2.33. The molecule has 2 aromatic rings. The van der Waals surface area contributed by atoms with Crippen molar-refractivity contribution in [2.24, 2.45) is 5.73 Å². The number of nitrogens with zero attached hydrogens (tertiary/aromatic N) is 1. The highest BCUT2D eigenvalue weighted by Gasteiger charge is 2.17. The molecule has 0 spiro atoms. The van der Waals surface area contributed by atoms with Crippen LogP contribution in [0, 0.1) is 13.8 Å². The monoisotopic (exact) mass is 259 g/mol. The van der Waals surface area contributed by atoms with Crippen LogP contribution in [0.25, 0.3) is 11.3 Å². The van der Waals surface area contributed by atoms with Crippen molar-refractivity contribution in [2.45, 2.75) is 20.4 Å². The number of hydrogen-bond donors (Lipinski definition) is 2. The minimum Gasteiger partial charge on any atom is -0.486 e. The summed E-state index contributed by atoms with van der Waals surface area (Å²) in [5.41, 5.74) is 9.73. The summed E-state index contributed by atoms with van der Waals surface area (Å²) in [6.45, 7) is 5.64. The molecule has 3 N–H and O–H groups in total. The maximum atomic E-state index is 5.63. The van der Waals surface area contributed by atoms with Gasteiger partial charge in [0.15, 0.2) is 11.5 Å². The minimum atomic E-state index is 0.407. The van der Waals surface area contributed by atoms with Gasteiger partial charge in [-0.15, -0.1) is 0 Å². The molecule has 3 rings (SSSR count). The van der Waals surface area contributed by atoms with E-state index in [-0.39, 0.29) is 0 Å². The first-order valence-electron chi connectivity index (χ1n) is 6.35. The standard InChI is InChI=1S/C14H17N3O2/c1-8-5-11-12(19-4-3-18-11)6-10(8)14-9(2)16-13(7-15)17-14/h5-6H,3-4,7,15H2,1-2H3,(H,16,17). The van der Waals surface area contributed by atoms with Gasteiger partial charge in [-0.3, -0.25) is 0 Å². The second-order valence-corrected chi connectivity index (χ2v) is 4.67. The molecule has 0 unspecified atom stereocenters. The van der Waals surface area contributed by atoms with Crippen molar-refractivity contribution in [1.82, 2.24) is 9.97 Å². The zero-order chi connectivity index (χ0) is 13.4. The van der Waals surface area contributed by atoms with Crippen molar-refractivity contribution in [3.8, 4) is 22.8 Å². The highest BCUT2D eigenvalue weighted by Crippen LogP contribution is 2.37. The number of aryl methyl sites for hydroxylation is 2. The number of hydrogen-bond acceptors (Lipinski definition) is 4. The second kappa shape index (κ2) is 4.59. The van der Waals surface area contributed by atoms with E-state index in [9.17, 15) is 0 Å². The summed E-state index contributed by atoms with van der Waals surface area (Å²) in [5.74, 6) is 2.38. The molecule has 0 amide bonds. The Bertz CT molecular complexity index is 619. The van der Waals surface area contributed by atoms with Gasteiger partial charge in [-0.05, 0) is 31.5 Å². The molecular weight excluding hydrogens is 242 g/mol. The molecule has 1 aromatic heterocycles. The molecule has 19 heavy (non-hydrogen) atoms. The maximum absolute atomic E-state index is 5.63. The third-order valence-corrected chi connectivity index (χ3v) is 3.27. The summed E-state index contributed by atoms with van der Waals surface area (Å²) in [6.07, 6.45) is 0. The largest absolute Gasteiger partial charge is 0.486 e. The molecule has 5 heteroatoms. The highest BCUT2D eigenvalue weighted by atomic mass is 16.6. The molecule has 0 saturated heterocycles. The third-order valence-electron chi connectivity index (χ3n) is 3.27. The Labute approximate surface area is 111 Å². The average Bonchev–Trinajstić information content (AvgIpc) is 2.79. The van der Waals surface area contributed by atoms with Gasteiger partial charge in [0.1, 0.15) is 19.0 Å². The van der Waals surface area contributed by atoms with Gasteiger partial charge in [-0.25, -0.2) is 4.98 Å². The van der Waals surface area contributed by atoms with E-state index in [1.54, 1.807) is 0 Å². The smallest absolute Gasteiger partial charge is 0.162 e. The molecule has 0 atom stereocenters. The number of fused-ring (bicyclic) bond motifs is 1. The van der Waals surface area contributed by atoms with Gasteiger partial charge in [-0.2, -0.15) is 0 Å². The van der Waals surface area contributed by atoms with E-state index in [1.165, 1.54) is 0 Å². The van der Waals surface area contributed by atoms with Crippen LogP contribution >= 0.6 is 0 Å². The molecule has 0 radical (unpaired) electrons. The molecule has 2 heterocycles. The van der Waals surface area contributed by atoms with Crippen molar-refractivity contribution in [2.75, 3.05) is 13.2 Å². The Morgan fingerprint density at radius 2 is 1.89 bits per heavy atom. The van der Waals surface area contributed by atoms with Gasteiger partial charge in [0.25, 0.3) is 0 Å². The second-order valence-electron chi connectivity index (χ2n) is 4.67. The van der Waals surface area contributed by atoms with E-state index < -0.39 is 0 Å². The fraction of sp³-hybridized carbons (Fsp3) is 0.357. The van der Waals surface area contributed by atoms with Crippen LogP contribution in [0.3, 0.4) is 0 Å². The van der Waals surface area contributed by atoms with Crippen molar-refractivity contribution in [1.29, 1.82) is 0 Å². The molecule has 1 aromatic carbocycles. The first-order valence-corrected chi connectivity index (χ1v) is 6.35. The average molecular weight is 259 g/mol. The van der Waals surface area contributed by atoms with Crippen molar-refractivity contribution >= 4 is 0 Å². The van der Waals surface area contributed by atoms with Gasteiger partial charge in [0, 0.05) is 11.3 Å². The van der Waals surface area contributed by atoms with Crippen LogP contribution in [-0.4, -0.2) is 23.2 Å². The van der Waals surface area contributed by atoms with Crippen LogP contribution in [0.2, 0.25) is 0 Å². The van der Waals surface area contributed by atoms with E-state index in [2.05, 4.69) is 9.97 Å². The van der Waals surface area contributed by atoms with Crippen LogP contribution in [0.5, 0.6) is 11.5 Å². The van der Waals surface area contributed by atoms with Crippen LogP contribution in [0.1, 0.15) is 17.1 Å². The molecule has 0 fully saturated rings. The molecule has 0 aliphatic carbocycles. The first-order chi connectivity index (χ1) is 9.19. The SMILES string of the molecule is Cc1cc2c(cc1-c1nc(CN)[nH]c1C)OCCO2. The Hall–Kier alpha value is -2.01. The molecule has 0 saturated carbocycles. The van der Waals surface area contributed by atoms with Gasteiger partial charge >= 0.3 is 0 Å². The van der Waals surface area contributed by atoms with Crippen molar-refractivity contribution < 1.29 is 9.47 Å². The summed E-state index contributed by atoms with van der Waals surface area (Å²) in [7, 11) is 0.